The number of para-hydroxylation sites is 1. The molecular weight excluding hydrogens is 478 g/mol. The summed E-state index contributed by atoms with van der Waals surface area (Å²) in [6.07, 6.45) is 2.59. The van der Waals surface area contributed by atoms with Crippen molar-refractivity contribution in [2.45, 2.75) is 29.1 Å². The number of hydrogen-bond donors (Lipinski definition) is 1. The second-order valence-electron chi connectivity index (χ2n) is 8.11. The molecule has 5 rings (SSSR count). The molecule has 0 bridgehead atoms. The molecule has 1 aliphatic rings. The van der Waals surface area contributed by atoms with E-state index in [2.05, 4.69) is 9.36 Å². The number of piperidine rings is 1. The molecule has 0 aliphatic carbocycles. The van der Waals surface area contributed by atoms with Crippen molar-refractivity contribution in [2.75, 3.05) is 13.1 Å². The summed E-state index contributed by atoms with van der Waals surface area (Å²) in [7, 11) is -3.58. The Hall–Kier alpha value is -2.66. The van der Waals surface area contributed by atoms with Gasteiger partial charge in [0.05, 0.1) is 31.3 Å². The fourth-order valence-electron chi connectivity index (χ4n) is 4.12. The van der Waals surface area contributed by atoms with Gasteiger partial charge < -0.3 is 10.0 Å². The van der Waals surface area contributed by atoms with E-state index in [-0.39, 0.29) is 16.6 Å². The number of likely N-dealkylation sites (tertiary alicyclic amines) is 1. The van der Waals surface area contributed by atoms with Crippen LogP contribution < -0.4 is 0 Å². The third-order valence-corrected chi connectivity index (χ3v) is 9.44. The molecule has 4 aromatic rings. The first-order valence-corrected chi connectivity index (χ1v) is 13.7. The van der Waals surface area contributed by atoms with Crippen molar-refractivity contribution >= 4 is 48.8 Å². The van der Waals surface area contributed by atoms with Gasteiger partial charge in [-0.1, -0.05) is 18.2 Å². The van der Waals surface area contributed by atoms with Crippen molar-refractivity contribution in [1.29, 1.82) is 0 Å². The highest BCUT2D eigenvalue weighted by Crippen LogP contribution is 2.35. The first kappa shape index (κ1) is 22.1. The maximum atomic E-state index is 13.0. The molecule has 170 valence electrons. The molecule has 1 N–H and O–H groups in total. The van der Waals surface area contributed by atoms with Crippen LogP contribution in [0.3, 0.4) is 0 Å². The minimum absolute atomic E-state index is 0.122. The van der Waals surface area contributed by atoms with Gasteiger partial charge in [0, 0.05) is 24.8 Å². The molecule has 0 atom stereocenters. The van der Waals surface area contributed by atoms with Gasteiger partial charge in [-0.3, -0.25) is 4.79 Å². The Morgan fingerprint density at radius 1 is 1.09 bits per heavy atom. The largest absolute Gasteiger partial charge is 0.384 e. The Morgan fingerprint density at radius 2 is 1.85 bits per heavy atom. The summed E-state index contributed by atoms with van der Waals surface area (Å²) in [5.41, 5.74) is 2.31. The minimum atomic E-state index is -3.58. The number of thiazole rings is 1. The number of fused-ring (bicyclic) bond motifs is 1. The number of hydrogen-bond acceptors (Lipinski definition) is 8. The molecule has 10 heteroatoms. The van der Waals surface area contributed by atoms with Gasteiger partial charge >= 0.3 is 0 Å². The summed E-state index contributed by atoms with van der Waals surface area (Å²) >= 11 is 2.69. The van der Waals surface area contributed by atoms with E-state index < -0.39 is 15.4 Å². The first-order chi connectivity index (χ1) is 15.9. The average Bonchev–Trinajstić information content (AvgIpc) is 3.52. The van der Waals surface area contributed by atoms with Crippen LogP contribution in [0.5, 0.6) is 0 Å². The fraction of sp³-hybridized carbons (Fsp3) is 0.261. The molecule has 1 saturated heterocycles. The summed E-state index contributed by atoms with van der Waals surface area (Å²) < 4.78 is 30.9. The summed E-state index contributed by atoms with van der Waals surface area (Å²) in [6.45, 7) is 0.891. The van der Waals surface area contributed by atoms with E-state index in [1.54, 1.807) is 53.0 Å². The lowest BCUT2D eigenvalue weighted by atomic mass is 9.89. The number of amides is 1. The average molecular weight is 500 g/mol. The summed E-state index contributed by atoms with van der Waals surface area (Å²) in [5, 5.41) is 10.9. The normalized spacial score (nSPS) is 16.2. The molecule has 1 amide bonds. The Morgan fingerprint density at radius 3 is 2.55 bits per heavy atom. The van der Waals surface area contributed by atoms with Crippen LogP contribution in [0.15, 0.2) is 65.1 Å². The molecule has 1 fully saturated rings. The highest BCUT2D eigenvalue weighted by Gasteiger charge is 2.36. The van der Waals surface area contributed by atoms with E-state index in [1.807, 2.05) is 12.1 Å². The number of sulfone groups is 1. The molecular formula is C23H21N3O4S3. The van der Waals surface area contributed by atoms with Crippen LogP contribution in [0.4, 0.5) is 0 Å². The van der Waals surface area contributed by atoms with Gasteiger partial charge in [-0.25, -0.2) is 17.8 Å². The van der Waals surface area contributed by atoms with Crippen LogP contribution >= 0.6 is 22.9 Å². The highest BCUT2D eigenvalue weighted by atomic mass is 32.2. The van der Waals surface area contributed by atoms with Crippen molar-refractivity contribution in [3.8, 4) is 0 Å². The van der Waals surface area contributed by atoms with E-state index >= 15 is 0 Å². The number of aromatic nitrogens is 2. The predicted octanol–water partition coefficient (Wildman–Crippen LogP) is 3.85. The fourth-order valence-corrected chi connectivity index (χ4v) is 7.15. The quantitative estimate of drug-likeness (QED) is 0.448. The van der Waals surface area contributed by atoms with Gasteiger partial charge in [0.25, 0.3) is 5.91 Å². The van der Waals surface area contributed by atoms with Crippen LogP contribution in [0.1, 0.15) is 33.6 Å². The molecule has 0 saturated carbocycles. The lowest BCUT2D eigenvalue weighted by Crippen LogP contribution is -2.44. The number of rotatable bonds is 5. The SMILES string of the molecule is O=C(c1ccc(CS(=O)(=O)c2cccc3scnc23)cc1)N1CCC(O)(c2ccns2)CC1. The lowest BCUT2D eigenvalue weighted by Gasteiger charge is -2.37. The van der Waals surface area contributed by atoms with Crippen molar-refractivity contribution in [1.82, 2.24) is 14.3 Å². The molecule has 33 heavy (non-hydrogen) atoms. The van der Waals surface area contributed by atoms with Crippen LogP contribution in [0.25, 0.3) is 10.2 Å². The monoisotopic (exact) mass is 499 g/mol. The van der Waals surface area contributed by atoms with Crippen molar-refractivity contribution in [3.05, 3.63) is 76.2 Å². The second-order valence-corrected chi connectivity index (χ2v) is 11.8. The molecule has 3 heterocycles. The number of benzene rings is 2. The van der Waals surface area contributed by atoms with E-state index in [1.165, 1.54) is 22.9 Å². The smallest absolute Gasteiger partial charge is 0.253 e. The third kappa shape index (κ3) is 4.31. The van der Waals surface area contributed by atoms with Gasteiger partial charge in [0.1, 0.15) is 5.60 Å². The number of carbonyl (C=O) groups excluding carboxylic acids is 1. The van der Waals surface area contributed by atoms with Crippen LogP contribution in [-0.2, 0) is 21.2 Å². The topological polar surface area (TPSA) is 100 Å². The van der Waals surface area contributed by atoms with E-state index in [0.717, 1.165) is 9.58 Å². The summed E-state index contributed by atoms with van der Waals surface area (Å²) in [6, 6.07) is 13.7. The summed E-state index contributed by atoms with van der Waals surface area (Å²) in [4.78, 5) is 19.9. The molecule has 1 aliphatic heterocycles. The van der Waals surface area contributed by atoms with E-state index in [9.17, 15) is 18.3 Å². The van der Waals surface area contributed by atoms with Gasteiger partial charge in [0.2, 0.25) is 0 Å². The molecule has 2 aromatic heterocycles. The van der Waals surface area contributed by atoms with Crippen LogP contribution in [-0.4, -0.2) is 46.8 Å². The molecule has 0 spiro atoms. The van der Waals surface area contributed by atoms with Gasteiger partial charge in [-0.15, -0.1) is 11.3 Å². The minimum Gasteiger partial charge on any atom is -0.384 e. The maximum absolute atomic E-state index is 13.0. The Labute approximate surface area is 199 Å². The van der Waals surface area contributed by atoms with Gasteiger partial charge in [-0.05, 0) is 60.3 Å². The maximum Gasteiger partial charge on any atom is 0.253 e. The zero-order valence-corrected chi connectivity index (χ0v) is 20.0. The Balaban J connectivity index is 1.27. The highest BCUT2D eigenvalue weighted by molar-refractivity contribution is 7.90. The van der Waals surface area contributed by atoms with E-state index in [4.69, 9.17) is 0 Å². The number of aliphatic hydroxyl groups is 1. The van der Waals surface area contributed by atoms with Crippen molar-refractivity contribution in [2.24, 2.45) is 0 Å². The molecule has 0 unspecified atom stereocenters. The van der Waals surface area contributed by atoms with Gasteiger partial charge in [0.15, 0.2) is 9.84 Å². The summed E-state index contributed by atoms with van der Waals surface area (Å²) in [5.74, 6) is -0.285. The zero-order valence-electron chi connectivity index (χ0n) is 17.5. The number of carbonyl (C=O) groups is 1. The molecule has 0 radical (unpaired) electrons. The van der Waals surface area contributed by atoms with Gasteiger partial charge in [-0.2, -0.15) is 0 Å². The molecule has 7 nitrogen and oxygen atoms in total. The standard InChI is InChI=1S/C23H21N3O4S3/c27-22(26-12-9-23(28,10-13-26)20-8-11-25-32-20)17-6-4-16(5-7-17)14-33(29,30)19-3-1-2-18-21(19)24-15-31-18/h1-8,11,15,28H,9-10,12-14H2. The van der Waals surface area contributed by atoms with Crippen LogP contribution in [0, 0.1) is 0 Å². The molecule has 2 aromatic carbocycles. The Bertz CT molecular complexity index is 1390. The van der Waals surface area contributed by atoms with Crippen molar-refractivity contribution in [3.63, 3.8) is 0 Å². The number of nitrogens with zero attached hydrogens (tertiary/aromatic N) is 3. The third-order valence-electron chi connectivity index (χ3n) is 5.99. The Kier molecular flexibility index (Phi) is 5.77. The first-order valence-electron chi connectivity index (χ1n) is 10.4. The van der Waals surface area contributed by atoms with Crippen molar-refractivity contribution < 1.29 is 18.3 Å². The van der Waals surface area contributed by atoms with E-state index in [0.29, 0.717) is 42.6 Å². The lowest BCUT2D eigenvalue weighted by molar-refractivity contribution is -0.0183. The zero-order chi connectivity index (χ0) is 23.1. The second kappa shape index (κ2) is 8.60. The van der Waals surface area contributed by atoms with Crippen LogP contribution in [0.2, 0.25) is 0 Å². The predicted molar refractivity (Wildman–Crippen MR) is 128 cm³/mol.